The summed E-state index contributed by atoms with van der Waals surface area (Å²) in [5.74, 6) is -0.325. The van der Waals surface area contributed by atoms with Gasteiger partial charge in [-0.15, -0.1) is 0 Å². The van der Waals surface area contributed by atoms with Gasteiger partial charge in [-0.1, -0.05) is 0 Å². The SMILES string of the molecule is CNc1c(C(C)=N)ccc(F)c1Br. The molecule has 0 saturated carbocycles. The smallest absolute Gasteiger partial charge is 0.139 e. The van der Waals surface area contributed by atoms with Crippen LogP contribution in [0.4, 0.5) is 10.1 Å². The molecular weight excluding hydrogens is 235 g/mol. The van der Waals surface area contributed by atoms with Gasteiger partial charge in [0, 0.05) is 18.3 Å². The van der Waals surface area contributed by atoms with E-state index in [1.54, 1.807) is 20.0 Å². The van der Waals surface area contributed by atoms with Gasteiger partial charge in [-0.05, 0) is 35.0 Å². The van der Waals surface area contributed by atoms with Gasteiger partial charge in [0.05, 0.1) is 10.2 Å². The first-order valence-corrected chi connectivity index (χ1v) is 4.58. The van der Waals surface area contributed by atoms with Crippen LogP contribution in [0.1, 0.15) is 12.5 Å². The van der Waals surface area contributed by atoms with Crippen LogP contribution in [0, 0.1) is 11.2 Å². The average Bonchev–Trinajstić information content (AvgIpc) is 2.09. The largest absolute Gasteiger partial charge is 0.387 e. The Bertz CT molecular complexity index is 350. The quantitative estimate of drug-likeness (QED) is 0.772. The van der Waals surface area contributed by atoms with Crippen molar-refractivity contribution >= 4 is 27.3 Å². The Hall–Kier alpha value is -0.900. The summed E-state index contributed by atoms with van der Waals surface area (Å²) in [7, 11) is 1.70. The number of benzene rings is 1. The Balaban J connectivity index is 3.38. The van der Waals surface area contributed by atoms with Crippen LogP contribution in [-0.2, 0) is 0 Å². The lowest BCUT2D eigenvalue weighted by molar-refractivity contribution is 0.621. The van der Waals surface area contributed by atoms with E-state index in [0.717, 1.165) is 0 Å². The van der Waals surface area contributed by atoms with E-state index in [2.05, 4.69) is 21.2 Å². The highest BCUT2D eigenvalue weighted by molar-refractivity contribution is 9.10. The highest BCUT2D eigenvalue weighted by atomic mass is 79.9. The fourth-order valence-electron chi connectivity index (χ4n) is 1.11. The van der Waals surface area contributed by atoms with E-state index in [1.165, 1.54) is 6.07 Å². The van der Waals surface area contributed by atoms with Crippen LogP contribution in [0.15, 0.2) is 16.6 Å². The molecule has 1 rings (SSSR count). The van der Waals surface area contributed by atoms with Gasteiger partial charge in [0.15, 0.2) is 0 Å². The molecule has 0 aliphatic heterocycles. The Morgan fingerprint density at radius 3 is 2.62 bits per heavy atom. The van der Waals surface area contributed by atoms with Crippen LogP contribution in [0.3, 0.4) is 0 Å². The molecule has 0 bridgehead atoms. The summed E-state index contributed by atoms with van der Waals surface area (Å²) in [6, 6.07) is 2.94. The van der Waals surface area contributed by atoms with E-state index >= 15 is 0 Å². The maximum absolute atomic E-state index is 13.1. The van der Waals surface area contributed by atoms with E-state index in [-0.39, 0.29) is 5.82 Å². The summed E-state index contributed by atoms with van der Waals surface area (Å²) in [6.07, 6.45) is 0. The maximum Gasteiger partial charge on any atom is 0.139 e. The Kier molecular flexibility index (Phi) is 3.03. The number of rotatable bonds is 2. The van der Waals surface area contributed by atoms with Crippen molar-refractivity contribution in [3.8, 4) is 0 Å². The summed E-state index contributed by atoms with van der Waals surface area (Å²) >= 11 is 3.13. The van der Waals surface area contributed by atoms with Crippen molar-refractivity contribution in [1.29, 1.82) is 5.41 Å². The second-order valence-electron chi connectivity index (χ2n) is 2.66. The fraction of sp³-hybridized carbons (Fsp3) is 0.222. The molecular formula is C9H10BrFN2. The summed E-state index contributed by atoms with van der Waals surface area (Å²) < 4.78 is 13.4. The minimum Gasteiger partial charge on any atom is -0.387 e. The summed E-state index contributed by atoms with van der Waals surface area (Å²) in [5, 5.41) is 10.3. The van der Waals surface area contributed by atoms with E-state index in [9.17, 15) is 4.39 Å². The van der Waals surface area contributed by atoms with Crippen LogP contribution < -0.4 is 5.32 Å². The summed E-state index contributed by atoms with van der Waals surface area (Å²) in [6.45, 7) is 1.67. The van der Waals surface area contributed by atoms with Crippen molar-refractivity contribution < 1.29 is 4.39 Å². The van der Waals surface area contributed by atoms with Gasteiger partial charge in [0.25, 0.3) is 0 Å². The summed E-state index contributed by atoms with van der Waals surface area (Å²) in [4.78, 5) is 0. The van der Waals surface area contributed by atoms with E-state index in [0.29, 0.717) is 21.4 Å². The average molecular weight is 245 g/mol. The van der Waals surface area contributed by atoms with Crippen molar-refractivity contribution in [3.63, 3.8) is 0 Å². The molecule has 0 heterocycles. The maximum atomic E-state index is 13.1. The van der Waals surface area contributed by atoms with Gasteiger partial charge >= 0.3 is 0 Å². The van der Waals surface area contributed by atoms with Crippen LogP contribution in [0.2, 0.25) is 0 Å². The van der Waals surface area contributed by atoms with Gasteiger partial charge in [-0.2, -0.15) is 0 Å². The zero-order valence-electron chi connectivity index (χ0n) is 7.41. The van der Waals surface area contributed by atoms with E-state index < -0.39 is 0 Å². The third-order valence-electron chi connectivity index (χ3n) is 1.75. The van der Waals surface area contributed by atoms with E-state index in [1.807, 2.05) is 0 Å². The third-order valence-corrected chi connectivity index (χ3v) is 2.52. The normalized spacial score (nSPS) is 9.85. The molecule has 1 aromatic rings. The molecule has 0 spiro atoms. The van der Waals surface area contributed by atoms with Gasteiger partial charge in [-0.25, -0.2) is 4.39 Å². The molecule has 4 heteroatoms. The molecule has 0 unspecified atom stereocenters. The molecule has 70 valence electrons. The van der Waals surface area contributed by atoms with Gasteiger partial charge in [0.1, 0.15) is 5.82 Å². The predicted octanol–water partition coefficient (Wildman–Crippen LogP) is 3.02. The lowest BCUT2D eigenvalue weighted by Gasteiger charge is -2.10. The van der Waals surface area contributed by atoms with Crippen LogP contribution >= 0.6 is 15.9 Å². The highest BCUT2D eigenvalue weighted by Crippen LogP contribution is 2.29. The molecule has 0 atom stereocenters. The number of nitrogens with one attached hydrogen (secondary N) is 2. The fourth-order valence-corrected chi connectivity index (χ4v) is 1.65. The summed E-state index contributed by atoms with van der Waals surface area (Å²) in [5.41, 5.74) is 1.73. The number of hydrogen-bond donors (Lipinski definition) is 2. The molecule has 0 aliphatic carbocycles. The molecule has 2 nitrogen and oxygen atoms in total. The molecule has 0 aromatic heterocycles. The first kappa shape index (κ1) is 10.2. The Morgan fingerprint density at radius 1 is 1.54 bits per heavy atom. The molecule has 2 N–H and O–H groups in total. The van der Waals surface area contributed by atoms with Gasteiger partial charge in [0.2, 0.25) is 0 Å². The molecule has 0 amide bonds. The lowest BCUT2D eigenvalue weighted by atomic mass is 10.1. The first-order valence-electron chi connectivity index (χ1n) is 3.79. The standard InChI is InChI=1S/C9H10BrFN2/c1-5(12)6-3-4-7(11)8(10)9(6)13-2/h3-4,12-13H,1-2H3. The number of anilines is 1. The zero-order valence-corrected chi connectivity index (χ0v) is 9.00. The van der Waals surface area contributed by atoms with Crippen molar-refractivity contribution in [1.82, 2.24) is 0 Å². The van der Waals surface area contributed by atoms with Gasteiger partial charge in [-0.3, -0.25) is 0 Å². The van der Waals surface area contributed by atoms with Crippen molar-refractivity contribution in [2.24, 2.45) is 0 Å². The topological polar surface area (TPSA) is 35.9 Å². The minimum atomic E-state index is -0.325. The van der Waals surface area contributed by atoms with Crippen molar-refractivity contribution in [3.05, 3.63) is 28.0 Å². The van der Waals surface area contributed by atoms with Crippen LogP contribution in [0.25, 0.3) is 0 Å². The number of hydrogen-bond acceptors (Lipinski definition) is 2. The second kappa shape index (κ2) is 3.87. The van der Waals surface area contributed by atoms with Crippen LogP contribution in [0.5, 0.6) is 0 Å². The minimum absolute atomic E-state index is 0.325. The monoisotopic (exact) mass is 244 g/mol. The van der Waals surface area contributed by atoms with Crippen molar-refractivity contribution in [2.75, 3.05) is 12.4 Å². The third kappa shape index (κ3) is 1.88. The Labute approximate surface area is 84.8 Å². The second-order valence-corrected chi connectivity index (χ2v) is 3.45. The highest BCUT2D eigenvalue weighted by Gasteiger charge is 2.10. The molecule has 0 radical (unpaired) electrons. The van der Waals surface area contributed by atoms with Gasteiger partial charge < -0.3 is 10.7 Å². The first-order chi connectivity index (χ1) is 6.07. The van der Waals surface area contributed by atoms with Crippen LogP contribution in [-0.4, -0.2) is 12.8 Å². The zero-order chi connectivity index (χ0) is 10.0. The molecule has 0 saturated heterocycles. The molecule has 0 fully saturated rings. The Morgan fingerprint density at radius 2 is 2.15 bits per heavy atom. The molecule has 13 heavy (non-hydrogen) atoms. The number of halogens is 2. The molecule has 1 aromatic carbocycles. The molecule has 0 aliphatic rings. The predicted molar refractivity (Wildman–Crippen MR) is 56.1 cm³/mol. The lowest BCUT2D eigenvalue weighted by Crippen LogP contribution is -2.02. The van der Waals surface area contributed by atoms with E-state index in [4.69, 9.17) is 5.41 Å². The van der Waals surface area contributed by atoms with Crippen molar-refractivity contribution in [2.45, 2.75) is 6.92 Å².